The Morgan fingerprint density at radius 3 is 2.03 bits per heavy atom. The second kappa shape index (κ2) is 9.10. The maximum atomic E-state index is 12.9. The summed E-state index contributed by atoms with van der Waals surface area (Å²) in [6.07, 6.45) is 4.91. The van der Waals surface area contributed by atoms with E-state index in [9.17, 15) is 24.0 Å². The minimum absolute atomic E-state index is 0.117. The zero-order chi connectivity index (χ0) is 24.7. The Bertz CT molecular complexity index is 1230. The van der Waals surface area contributed by atoms with Gasteiger partial charge in [-0.25, -0.2) is 4.79 Å². The molecule has 178 valence electrons. The predicted octanol–water partition coefficient (Wildman–Crippen LogP) is 2.38. The van der Waals surface area contributed by atoms with E-state index >= 15 is 0 Å². The minimum Gasteiger partial charge on any atom is -0.452 e. The zero-order valence-corrected chi connectivity index (χ0v) is 19.9. The molecule has 35 heavy (non-hydrogen) atoms. The highest BCUT2D eigenvalue weighted by molar-refractivity contribution is 9.10. The molecular weight excluding hydrogens is 518 g/mol. The lowest BCUT2D eigenvalue weighted by Crippen LogP contribution is -2.43. The van der Waals surface area contributed by atoms with Crippen LogP contribution in [0.15, 0.2) is 65.2 Å². The number of halogens is 1. The SMILES string of the molecule is O=C(COC(=O)c1ccc(N2C(=O)[C@@H]3[C@H](C2=O)[C@H]2C=C[C@H]3C2)cc1)NNC(=O)c1ccc(Br)cc1. The van der Waals surface area contributed by atoms with Crippen LogP contribution in [0, 0.1) is 23.7 Å². The van der Waals surface area contributed by atoms with Crippen molar-refractivity contribution in [1.82, 2.24) is 10.9 Å². The Labute approximate surface area is 208 Å². The van der Waals surface area contributed by atoms with Gasteiger partial charge < -0.3 is 4.74 Å². The van der Waals surface area contributed by atoms with Crippen molar-refractivity contribution >= 4 is 51.2 Å². The molecule has 1 saturated heterocycles. The van der Waals surface area contributed by atoms with Gasteiger partial charge in [-0.3, -0.25) is 34.9 Å². The number of esters is 1. The lowest BCUT2D eigenvalue weighted by Gasteiger charge is -2.17. The number of nitrogens with one attached hydrogen (secondary N) is 2. The van der Waals surface area contributed by atoms with Crippen LogP contribution in [-0.2, 0) is 19.1 Å². The Morgan fingerprint density at radius 1 is 0.857 bits per heavy atom. The van der Waals surface area contributed by atoms with Gasteiger partial charge in [0.2, 0.25) is 11.8 Å². The van der Waals surface area contributed by atoms with Gasteiger partial charge in [0.25, 0.3) is 11.8 Å². The van der Waals surface area contributed by atoms with Crippen molar-refractivity contribution in [3.05, 3.63) is 76.3 Å². The summed E-state index contributed by atoms with van der Waals surface area (Å²) >= 11 is 3.27. The number of fused-ring (bicyclic) bond motifs is 5. The van der Waals surface area contributed by atoms with Gasteiger partial charge in [0.1, 0.15) is 0 Å². The van der Waals surface area contributed by atoms with Gasteiger partial charge in [-0.2, -0.15) is 0 Å². The second-order valence-corrected chi connectivity index (χ2v) is 9.56. The first kappa shape index (κ1) is 23.0. The van der Waals surface area contributed by atoms with Gasteiger partial charge in [-0.15, -0.1) is 0 Å². The van der Waals surface area contributed by atoms with E-state index in [1.54, 1.807) is 24.3 Å². The summed E-state index contributed by atoms with van der Waals surface area (Å²) in [5, 5.41) is 0. The van der Waals surface area contributed by atoms with Crippen molar-refractivity contribution < 1.29 is 28.7 Å². The van der Waals surface area contributed by atoms with E-state index in [4.69, 9.17) is 4.74 Å². The average Bonchev–Trinajstić information content (AvgIpc) is 3.55. The summed E-state index contributed by atoms with van der Waals surface area (Å²) in [6, 6.07) is 12.4. The molecule has 3 aliphatic rings. The highest BCUT2D eigenvalue weighted by Gasteiger charge is 2.59. The fraction of sp³-hybridized carbons (Fsp3) is 0.240. The quantitative estimate of drug-likeness (QED) is 0.261. The number of hydrogen-bond donors (Lipinski definition) is 2. The number of nitrogens with zero attached hydrogens (tertiary/aromatic N) is 1. The van der Waals surface area contributed by atoms with E-state index in [1.165, 1.54) is 29.2 Å². The molecule has 4 amide bonds. The number of hydrazine groups is 1. The molecule has 0 spiro atoms. The Balaban J connectivity index is 1.13. The fourth-order valence-electron chi connectivity index (χ4n) is 4.95. The van der Waals surface area contributed by atoms with Gasteiger partial charge in [-0.1, -0.05) is 28.1 Å². The van der Waals surface area contributed by atoms with Crippen LogP contribution in [-0.4, -0.2) is 36.2 Å². The molecule has 2 aromatic rings. The summed E-state index contributed by atoms with van der Waals surface area (Å²) in [4.78, 5) is 63.2. The van der Waals surface area contributed by atoms with E-state index in [0.717, 1.165) is 10.9 Å². The second-order valence-electron chi connectivity index (χ2n) is 8.64. The number of imide groups is 1. The molecule has 0 aromatic heterocycles. The van der Waals surface area contributed by atoms with Crippen LogP contribution in [0.25, 0.3) is 0 Å². The number of rotatable bonds is 5. The van der Waals surface area contributed by atoms with Gasteiger partial charge in [0.05, 0.1) is 23.1 Å². The summed E-state index contributed by atoms with van der Waals surface area (Å²) < 4.78 is 5.79. The summed E-state index contributed by atoms with van der Waals surface area (Å²) in [7, 11) is 0. The third-order valence-corrected chi connectivity index (χ3v) is 7.12. The Morgan fingerprint density at radius 2 is 1.43 bits per heavy atom. The number of anilines is 1. The van der Waals surface area contributed by atoms with E-state index in [1.807, 2.05) is 12.2 Å². The van der Waals surface area contributed by atoms with Crippen LogP contribution in [0.1, 0.15) is 27.1 Å². The first-order valence-corrected chi connectivity index (χ1v) is 11.8. The number of allylic oxidation sites excluding steroid dienone is 2. The van der Waals surface area contributed by atoms with Gasteiger partial charge in [-0.05, 0) is 66.8 Å². The van der Waals surface area contributed by atoms with Gasteiger partial charge in [0.15, 0.2) is 6.61 Å². The van der Waals surface area contributed by atoms with Gasteiger partial charge in [0, 0.05) is 10.0 Å². The number of benzene rings is 2. The smallest absolute Gasteiger partial charge is 0.338 e. The van der Waals surface area contributed by atoms with Gasteiger partial charge >= 0.3 is 5.97 Å². The van der Waals surface area contributed by atoms with Crippen LogP contribution < -0.4 is 15.8 Å². The molecular formula is C25H20BrN3O6. The number of amides is 4. The van der Waals surface area contributed by atoms with Crippen LogP contribution in [0.3, 0.4) is 0 Å². The monoisotopic (exact) mass is 537 g/mol. The minimum atomic E-state index is -0.760. The molecule has 2 bridgehead atoms. The Kier molecular flexibility index (Phi) is 5.98. The lowest BCUT2D eigenvalue weighted by molar-refractivity contribution is -0.125. The highest BCUT2D eigenvalue weighted by Crippen LogP contribution is 2.53. The van der Waals surface area contributed by atoms with Crippen LogP contribution in [0.4, 0.5) is 5.69 Å². The van der Waals surface area contributed by atoms with Crippen LogP contribution in [0.2, 0.25) is 0 Å². The molecule has 10 heteroatoms. The van der Waals surface area contributed by atoms with E-state index in [0.29, 0.717) is 11.3 Å². The third kappa shape index (κ3) is 4.25. The molecule has 1 aliphatic heterocycles. The molecule has 0 unspecified atom stereocenters. The van der Waals surface area contributed by atoms with E-state index in [-0.39, 0.29) is 41.0 Å². The highest BCUT2D eigenvalue weighted by atomic mass is 79.9. The van der Waals surface area contributed by atoms with E-state index < -0.39 is 24.4 Å². The molecule has 4 atom stereocenters. The lowest BCUT2D eigenvalue weighted by atomic mass is 9.85. The molecule has 2 aliphatic carbocycles. The van der Waals surface area contributed by atoms with Crippen molar-refractivity contribution in [1.29, 1.82) is 0 Å². The molecule has 2 fully saturated rings. The molecule has 2 aromatic carbocycles. The largest absolute Gasteiger partial charge is 0.452 e. The molecule has 9 nitrogen and oxygen atoms in total. The maximum Gasteiger partial charge on any atom is 0.338 e. The third-order valence-electron chi connectivity index (χ3n) is 6.59. The molecule has 5 rings (SSSR count). The van der Waals surface area contributed by atoms with Crippen molar-refractivity contribution in [2.24, 2.45) is 23.7 Å². The van der Waals surface area contributed by atoms with Crippen molar-refractivity contribution in [3.63, 3.8) is 0 Å². The average molecular weight is 538 g/mol. The van der Waals surface area contributed by atoms with Crippen molar-refractivity contribution in [3.8, 4) is 0 Å². The number of hydrogen-bond acceptors (Lipinski definition) is 6. The van der Waals surface area contributed by atoms with E-state index in [2.05, 4.69) is 26.8 Å². The van der Waals surface area contributed by atoms with Crippen molar-refractivity contribution in [2.75, 3.05) is 11.5 Å². The molecule has 1 saturated carbocycles. The van der Waals surface area contributed by atoms with Crippen LogP contribution >= 0.6 is 15.9 Å². The molecule has 0 radical (unpaired) electrons. The fourth-order valence-corrected chi connectivity index (χ4v) is 5.22. The number of ether oxygens (including phenoxy) is 1. The summed E-state index contributed by atoms with van der Waals surface area (Å²) in [5.74, 6) is -2.77. The normalized spacial score (nSPS) is 23.9. The standard InChI is InChI=1S/C25H20BrN3O6/c26-17-7-3-13(4-8-17)22(31)28-27-19(30)12-35-25(34)14-5-9-18(10-6-14)29-23(32)20-15-1-2-16(11-15)21(20)24(29)33/h1-10,15-16,20-21H,11-12H2,(H,27,30)(H,28,31)/t15-,16-,20-,21+/m0/s1. The first-order chi connectivity index (χ1) is 16.8. The zero-order valence-electron chi connectivity index (χ0n) is 18.3. The van der Waals surface area contributed by atoms with Crippen molar-refractivity contribution in [2.45, 2.75) is 6.42 Å². The maximum absolute atomic E-state index is 12.9. The molecule has 2 N–H and O–H groups in total. The first-order valence-electron chi connectivity index (χ1n) is 11.0. The topological polar surface area (TPSA) is 122 Å². The molecule has 1 heterocycles. The number of carbonyl (C=O) groups is 5. The summed E-state index contributed by atoms with van der Waals surface area (Å²) in [5.41, 5.74) is 5.31. The Hall–Kier alpha value is -3.79. The number of carbonyl (C=O) groups excluding carboxylic acids is 5. The summed E-state index contributed by atoms with van der Waals surface area (Å²) in [6.45, 7) is -0.608. The van der Waals surface area contributed by atoms with Crippen LogP contribution in [0.5, 0.6) is 0 Å². The predicted molar refractivity (Wildman–Crippen MR) is 127 cm³/mol.